The summed E-state index contributed by atoms with van der Waals surface area (Å²) in [5.41, 5.74) is 0.755. The molecule has 0 radical (unpaired) electrons. The number of hydrogen-bond acceptors (Lipinski definition) is 5. The number of hydrogen-bond donors (Lipinski definition) is 0. The molecule has 0 aliphatic heterocycles. The van der Waals surface area contributed by atoms with Gasteiger partial charge in [0.25, 0.3) is 5.69 Å². The van der Waals surface area contributed by atoms with Crippen LogP contribution in [0.5, 0.6) is 11.5 Å². The van der Waals surface area contributed by atoms with Crippen molar-refractivity contribution in [2.24, 2.45) is 0 Å². The number of methoxy groups -OCH3 is 1. The molecule has 0 spiro atoms. The molecule has 2 aromatic rings. The van der Waals surface area contributed by atoms with Crippen molar-refractivity contribution in [1.29, 1.82) is 5.26 Å². The van der Waals surface area contributed by atoms with Crippen LogP contribution >= 0.6 is 0 Å². The van der Waals surface area contributed by atoms with Crippen LogP contribution in [-0.2, 0) is 0 Å². The van der Waals surface area contributed by atoms with E-state index in [-0.39, 0.29) is 11.6 Å². The monoisotopic (exact) mass is 312 g/mol. The number of nitro groups is 1. The third kappa shape index (κ3) is 4.45. The largest absolute Gasteiger partial charge is 0.497 e. The molecule has 6 heteroatoms. The van der Waals surface area contributed by atoms with Crippen molar-refractivity contribution in [3.63, 3.8) is 0 Å². The zero-order valence-electron chi connectivity index (χ0n) is 12.6. The molecular formula is C17H16N2O4. The van der Waals surface area contributed by atoms with Crippen LogP contribution in [0.25, 0.3) is 0 Å². The van der Waals surface area contributed by atoms with Crippen LogP contribution in [0.1, 0.15) is 17.9 Å². The third-order valence-electron chi connectivity index (χ3n) is 3.38. The lowest BCUT2D eigenvalue weighted by molar-refractivity contribution is -0.384. The van der Waals surface area contributed by atoms with E-state index < -0.39 is 4.92 Å². The maximum atomic E-state index is 10.6. The summed E-state index contributed by atoms with van der Waals surface area (Å²) >= 11 is 0. The Morgan fingerprint density at radius 1 is 1.22 bits per heavy atom. The number of rotatable bonds is 7. The Bertz CT molecular complexity index is 707. The van der Waals surface area contributed by atoms with Gasteiger partial charge in [0.15, 0.2) is 0 Å². The predicted molar refractivity (Wildman–Crippen MR) is 84.6 cm³/mol. The number of nitro benzene ring substituents is 1. The molecule has 2 aromatic carbocycles. The smallest absolute Gasteiger partial charge is 0.269 e. The molecule has 0 aromatic heterocycles. The molecule has 0 N–H and O–H groups in total. The average molecular weight is 312 g/mol. The van der Waals surface area contributed by atoms with Gasteiger partial charge in [-0.25, -0.2) is 0 Å². The second-order valence-electron chi connectivity index (χ2n) is 4.85. The fourth-order valence-electron chi connectivity index (χ4n) is 2.12. The highest BCUT2D eigenvalue weighted by Gasteiger charge is 2.13. The number of nitrogens with zero attached hydrogens (tertiary/aromatic N) is 2. The van der Waals surface area contributed by atoms with Crippen LogP contribution in [0.2, 0.25) is 0 Å². The fraction of sp³-hybridized carbons (Fsp3) is 0.235. The maximum Gasteiger partial charge on any atom is 0.269 e. The van der Waals surface area contributed by atoms with E-state index in [4.69, 9.17) is 9.47 Å². The first kappa shape index (κ1) is 16.3. The van der Waals surface area contributed by atoms with Crippen LogP contribution in [0.15, 0.2) is 48.5 Å². The van der Waals surface area contributed by atoms with Gasteiger partial charge in [0, 0.05) is 24.6 Å². The topological polar surface area (TPSA) is 85.4 Å². The van der Waals surface area contributed by atoms with E-state index >= 15 is 0 Å². The van der Waals surface area contributed by atoms with Gasteiger partial charge in [0.2, 0.25) is 0 Å². The lowest BCUT2D eigenvalue weighted by Crippen LogP contribution is -2.04. The van der Waals surface area contributed by atoms with Gasteiger partial charge in [-0.05, 0) is 17.7 Å². The molecule has 23 heavy (non-hydrogen) atoms. The zero-order valence-corrected chi connectivity index (χ0v) is 12.6. The van der Waals surface area contributed by atoms with Gasteiger partial charge in [0.05, 0.1) is 30.6 Å². The lowest BCUT2D eigenvalue weighted by Gasteiger charge is -2.11. The molecule has 0 aliphatic carbocycles. The van der Waals surface area contributed by atoms with E-state index in [0.717, 1.165) is 5.56 Å². The Labute approximate surface area is 134 Å². The Hall–Kier alpha value is -3.07. The maximum absolute atomic E-state index is 10.6. The molecule has 0 saturated heterocycles. The van der Waals surface area contributed by atoms with Crippen LogP contribution in [0, 0.1) is 21.4 Å². The number of nitriles is 1. The predicted octanol–water partition coefficient (Wildman–Crippen LogP) is 3.68. The summed E-state index contributed by atoms with van der Waals surface area (Å²) in [5.74, 6) is 1.00. The second-order valence-corrected chi connectivity index (χ2v) is 4.85. The average Bonchev–Trinajstić information content (AvgIpc) is 2.59. The number of ether oxygens (including phenoxy) is 2. The minimum absolute atomic E-state index is 0.0121. The Morgan fingerprint density at radius 2 is 1.91 bits per heavy atom. The summed E-state index contributed by atoms with van der Waals surface area (Å²) in [4.78, 5) is 10.2. The number of non-ortho nitro benzene ring substituents is 1. The molecule has 0 saturated carbocycles. The van der Waals surface area contributed by atoms with Crippen LogP contribution in [0.3, 0.4) is 0 Å². The van der Waals surface area contributed by atoms with E-state index in [9.17, 15) is 15.4 Å². The first-order valence-electron chi connectivity index (χ1n) is 7.05. The third-order valence-corrected chi connectivity index (χ3v) is 3.38. The van der Waals surface area contributed by atoms with Crippen molar-refractivity contribution in [3.05, 3.63) is 64.2 Å². The molecule has 0 fully saturated rings. The summed E-state index contributed by atoms with van der Waals surface area (Å²) in [5, 5.41) is 19.9. The van der Waals surface area contributed by atoms with Crippen molar-refractivity contribution in [2.45, 2.75) is 12.3 Å². The zero-order chi connectivity index (χ0) is 16.7. The highest BCUT2D eigenvalue weighted by atomic mass is 16.6. The summed E-state index contributed by atoms with van der Waals surface area (Å²) < 4.78 is 10.7. The van der Waals surface area contributed by atoms with Crippen molar-refractivity contribution in [3.8, 4) is 17.6 Å². The molecule has 1 unspecified atom stereocenters. The van der Waals surface area contributed by atoms with E-state index in [1.54, 1.807) is 25.3 Å². The molecule has 0 aliphatic rings. The highest BCUT2D eigenvalue weighted by Crippen LogP contribution is 2.23. The Kier molecular flexibility index (Phi) is 5.53. The minimum atomic E-state index is -0.461. The van der Waals surface area contributed by atoms with Crippen LogP contribution < -0.4 is 9.47 Å². The molecular weight excluding hydrogens is 296 g/mol. The van der Waals surface area contributed by atoms with Gasteiger partial charge in [-0.3, -0.25) is 10.1 Å². The molecule has 0 amide bonds. The van der Waals surface area contributed by atoms with Crippen LogP contribution in [-0.4, -0.2) is 18.6 Å². The quantitative estimate of drug-likeness (QED) is 0.575. The van der Waals surface area contributed by atoms with Crippen molar-refractivity contribution in [1.82, 2.24) is 0 Å². The van der Waals surface area contributed by atoms with Gasteiger partial charge < -0.3 is 9.47 Å². The van der Waals surface area contributed by atoms with E-state index in [1.807, 2.05) is 18.2 Å². The summed E-state index contributed by atoms with van der Waals surface area (Å²) in [6, 6.07) is 15.5. The summed E-state index contributed by atoms with van der Waals surface area (Å²) in [6.45, 7) is 0.363. The van der Waals surface area contributed by atoms with Crippen molar-refractivity contribution in [2.75, 3.05) is 13.7 Å². The van der Waals surface area contributed by atoms with E-state index in [1.165, 1.54) is 12.1 Å². The van der Waals surface area contributed by atoms with E-state index in [0.29, 0.717) is 24.5 Å². The molecule has 0 heterocycles. The summed E-state index contributed by atoms with van der Waals surface area (Å²) in [7, 11) is 1.58. The van der Waals surface area contributed by atoms with Gasteiger partial charge >= 0.3 is 0 Å². The molecule has 6 nitrogen and oxygen atoms in total. The van der Waals surface area contributed by atoms with E-state index in [2.05, 4.69) is 6.07 Å². The second kappa shape index (κ2) is 7.80. The van der Waals surface area contributed by atoms with Crippen molar-refractivity contribution >= 4 is 5.69 Å². The van der Waals surface area contributed by atoms with Gasteiger partial charge in [-0.2, -0.15) is 5.26 Å². The molecule has 118 valence electrons. The fourth-order valence-corrected chi connectivity index (χ4v) is 2.12. The normalized spacial score (nSPS) is 11.3. The molecule has 1 atom stereocenters. The molecule has 0 bridgehead atoms. The van der Waals surface area contributed by atoms with Gasteiger partial charge in [0.1, 0.15) is 11.5 Å². The first-order valence-corrected chi connectivity index (χ1v) is 7.05. The SMILES string of the molecule is COc1cccc(OCCC(C#N)c2ccc([N+](=O)[O-])cc2)c1. The van der Waals surface area contributed by atoms with Crippen molar-refractivity contribution < 1.29 is 14.4 Å². The Morgan fingerprint density at radius 3 is 2.52 bits per heavy atom. The molecule has 2 rings (SSSR count). The van der Waals surface area contributed by atoms with Crippen LogP contribution in [0.4, 0.5) is 5.69 Å². The first-order chi connectivity index (χ1) is 11.1. The number of benzene rings is 2. The Balaban J connectivity index is 1.94. The lowest BCUT2D eigenvalue weighted by atomic mass is 9.97. The highest BCUT2D eigenvalue weighted by molar-refractivity contribution is 5.36. The minimum Gasteiger partial charge on any atom is -0.497 e. The summed E-state index contributed by atoms with van der Waals surface area (Å²) in [6.07, 6.45) is 0.492. The standard InChI is InChI=1S/C17H16N2O4/c1-22-16-3-2-4-17(11-16)23-10-9-14(12-18)13-5-7-15(8-6-13)19(20)21/h2-8,11,14H,9-10H2,1H3. The van der Waals surface area contributed by atoms with Gasteiger partial charge in [-0.15, -0.1) is 0 Å². The van der Waals surface area contributed by atoms with Gasteiger partial charge in [-0.1, -0.05) is 18.2 Å².